The summed E-state index contributed by atoms with van der Waals surface area (Å²) in [5, 5.41) is 0. The minimum atomic E-state index is -4.86. The van der Waals surface area contributed by atoms with Crippen LogP contribution < -0.4 is 0 Å². The molecule has 1 saturated heterocycles. The molecule has 1 unspecified atom stereocenters. The molecule has 1 atom stereocenters. The quantitative estimate of drug-likeness (QED) is 0.553. The number of hydrogen-bond acceptors (Lipinski definition) is 4. The lowest BCUT2D eigenvalue weighted by atomic mass is 10.2. The largest absolute Gasteiger partial charge is 0.354 e. The zero-order chi connectivity index (χ0) is 13.3. The summed E-state index contributed by atoms with van der Waals surface area (Å²) < 4.78 is 22.6. The topological polar surface area (TPSA) is 118 Å². The standard InChI is InChI=1S/C7H17NO6P2S/c1-2-6-5-17-4-3-8(6)7(15(9,10)11)16(12,13)14/h6-7H,2-5H2,1H3,(H2,9,10,11)(H2,12,13,14). The molecular weight excluding hydrogens is 288 g/mol. The van der Waals surface area contributed by atoms with Crippen molar-refractivity contribution in [1.82, 2.24) is 4.90 Å². The fraction of sp³-hybridized carbons (Fsp3) is 1.00. The maximum Gasteiger partial charge on any atom is 0.354 e. The molecule has 7 nitrogen and oxygen atoms in total. The summed E-state index contributed by atoms with van der Waals surface area (Å²) in [6, 6.07) is -0.209. The van der Waals surface area contributed by atoms with Crippen molar-refractivity contribution < 1.29 is 28.7 Å². The lowest BCUT2D eigenvalue weighted by molar-refractivity contribution is 0.184. The summed E-state index contributed by atoms with van der Waals surface area (Å²) in [5.74, 6) is 1.25. The van der Waals surface area contributed by atoms with Gasteiger partial charge in [-0.1, -0.05) is 6.92 Å². The van der Waals surface area contributed by atoms with E-state index >= 15 is 0 Å². The third kappa shape index (κ3) is 4.04. The minimum Gasteiger partial charge on any atom is -0.323 e. The van der Waals surface area contributed by atoms with Gasteiger partial charge in [0.2, 0.25) is 5.52 Å². The second kappa shape index (κ2) is 5.72. The van der Waals surface area contributed by atoms with Crippen LogP contribution >= 0.6 is 27.0 Å². The van der Waals surface area contributed by atoms with Gasteiger partial charge in [0.1, 0.15) is 0 Å². The molecule has 1 heterocycles. The predicted octanol–water partition coefficient (Wildman–Crippen LogP) is 0.453. The van der Waals surface area contributed by atoms with E-state index in [1.807, 2.05) is 6.92 Å². The molecule has 0 amide bonds. The van der Waals surface area contributed by atoms with Gasteiger partial charge in [-0.3, -0.25) is 14.0 Å². The van der Waals surface area contributed by atoms with Gasteiger partial charge in [-0.25, -0.2) is 0 Å². The Kier molecular flexibility index (Phi) is 5.27. The lowest BCUT2D eigenvalue weighted by Crippen LogP contribution is -2.47. The number of nitrogens with zero attached hydrogens (tertiary/aromatic N) is 1. The highest BCUT2D eigenvalue weighted by atomic mass is 32.2. The molecule has 0 aromatic rings. The second-order valence-electron chi connectivity index (χ2n) is 3.90. The van der Waals surface area contributed by atoms with Gasteiger partial charge in [0.15, 0.2) is 0 Å². The van der Waals surface area contributed by atoms with Crippen LogP contribution in [0.1, 0.15) is 13.3 Å². The van der Waals surface area contributed by atoms with E-state index in [4.69, 9.17) is 19.6 Å². The van der Waals surface area contributed by atoms with Crippen LogP contribution in [0.2, 0.25) is 0 Å². The smallest absolute Gasteiger partial charge is 0.323 e. The van der Waals surface area contributed by atoms with E-state index < -0.39 is 20.7 Å². The fourth-order valence-electron chi connectivity index (χ4n) is 1.91. The van der Waals surface area contributed by atoms with Crippen LogP contribution in [0.3, 0.4) is 0 Å². The molecule has 1 aliphatic heterocycles. The van der Waals surface area contributed by atoms with Crippen molar-refractivity contribution in [1.29, 1.82) is 0 Å². The number of rotatable bonds is 4. The van der Waals surface area contributed by atoms with E-state index in [1.165, 1.54) is 4.90 Å². The summed E-state index contributed by atoms with van der Waals surface area (Å²) in [6.45, 7) is 2.12. The Morgan fingerprint density at radius 2 is 1.82 bits per heavy atom. The molecule has 0 bridgehead atoms. The van der Waals surface area contributed by atoms with E-state index in [9.17, 15) is 9.13 Å². The van der Waals surface area contributed by atoms with Crippen molar-refractivity contribution in [2.75, 3.05) is 18.1 Å². The maximum absolute atomic E-state index is 11.3. The summed E-state index contributed by atoms with van der Waals surface area (Å²) in [6.07, 6.45) is 0.601. The van der Waals surface area contributed by atoms with Crippen molar-refractivity contribution in [3.05, 3.63) is 0 Å². The summed E-state index contributed by atoms with van der Waals surface area (Å²) >= 11 is 1.62. The number of hydrogen-bond donors (Lipinski definition) is 4. The summed E-state index contributed by atoms with van der Waals surface area (Å²) in [4.78, 5) is 37.9. The molecule has 10 heteroatoms. The van der Waals surface area contributed by atoms with Gasteiger partial charge in [-0.05, 0) is 6.42 Å². The van der Waals surface area contributed by atoms with Crippen LogP contribution in [0.25, 0.3) is 0 Å². The first-order valence-corrected chi connectivity index (χ1v) is 9.63. The molecule has 0 aromatic carbocycles. The molecule has 102 valence electrons. The molecule has 17 heavy (non-hydrogen) atoms. The predicted molar refractivity (Wildman–Crippen MR) is 66.0 cm³/mol. The Balaban J connectivity index is 3.05. The second-order valence-corrected chi connectivity index (χ2v) is 8.79. The molecule has 0 saturated carbocycles. The molecule has 0 aromatic heterocycles. The van der Waals surface area contributed by atoms with Gasteiger partial charge < -0.3 is 19.6 Å². The molecule has 1 fully saturated rings. The van der Waals surface area contributed by atoms with E-state index in [-0.39, 0.29) is 12.6 Å². The summed E-state index contributed by atoms with van der Waals surface area (Å²) in [5.41, 5.74) is -2.00. The molecule has 0 spiro atoms. The monoisotopic (exact) mass is 305 g/mol. The van der Waals surface area contributed by atoms with E-state index in [0.717, 1.165) is 0 Å². The molecule has 0 aliphatic carbocycles. The van der Waals surface area contributed by atoms with Crippen molar-refractivity contribution >= 4 is 27.0 Å². The van der Waals surface area contributed by atoms with Gasteiger partial charge in [0, 0.05) is 24.1 Å². The number of thioether (sulfide) groups is 1. The van der Waals surface area contributed by atoms with Crippen LogP contribution in [-0.4, -0.2) is 54.1 Å². The van der Waals surface area contributed by atoms with Crippen LogP contribution in [0.5, 0.6) is 0 Å². The normalized spacial score (nSPS) is 24.2. The van der Waals surface area contributed by atoms with Crippen LogP contribution in [0, 0.1) is 0 Å². The third-order valence-corrected chi connectivity index (χ3v) is 7.34. The first-order chi connectivity index (χ1) is 7.68. The Morgan fingerprint density at radius 1 is 1.29 bits per heavy atom. The van der Waals surface area contributed by atoms with Gasteiger partial charge in [-0.2, -0.15) is 11.8 Å². The maximum atomic E-state index is 11.3. The van der Waals surface area contributed by atoms with Gasteiger partial charge >= 0.3 is 15.2 Å². The average molecular weight is 305 g/mol. The first kappa shape index (κ1) is 15.7. The van der Waals surface area contributed by atoms with Crippen LogP contribution in [-0.2, 0) is 9.13 Å². The lowest BCUT2D eigenvalue weighted by Gasteiger charge is -2.40. The third-order valence-electron chi connectivity index (χ3n) is 2.64. The molecule has 1 rings (SSSR count). The van der Waals surface area contributed by atoms with E-state index in [0.29, 0.717) is 17.9 Å². The molecule has 4 N–H and O–H groups in total. The van der Waals surface area contributed by atoms with Crippen LogP contribution in [0.4, 0.5) is 0 Å². The van der Waals surface area contributed by atoms with Gasteiger partial charge in [0.25, 0.3) is 0 Å². The van der Waals surface area contributed by atoms with E-state index in [1.54, 1.807) is 11.8 Å². The fourth-order valence-corrected chi connectivity index (χ4v) is 6.06. The van der Waals surface area contributed by atoms with Crippen molar-refractivity contribution in [2.24, 2.45) is 0 Å². The zero-order valence-corrected chi connectivity index (χ0v) is 11.9. The highest BCUT2D eigenvalue weighted by molar-refractivity contribution is 7.99. The Bertz CT molecular complexity index is 332. The molecular formula is C7H17NO6P2S. The summed E-state index contributed by atoms with van der Waals surface area (Å²) in [7, 11) is -9.73. The zero-order valence-electron chi connectivity index (χ0n) is 9.34. The Hall–Kier alpha value is 0.610. The van der Waals surface area contributed by atoms with E-state index in [2.05, 4.69) is 0 Å². The first-order valence-electron chi connectivity index (χ1n) is 5.12. The molecule has 1 aliphatic rings. The average Bonchev–Trinajstić information content (AvgIpc) is 2.14. The Labute approximate surface area is 104 Å². The van der Waals surface area contributed by atoms with Crippen molar-refractivity contribution in [2.45, 2.75) is 24.9 Å². The highest BCUT2D eigenvalue weighted by Gasteiger charge is 2.49. The minimum absolute atomic E-state index is 0.209. The van der Waals surface area contributed by atoms with Crippen LogP contribution in [0.15, 0.2) is 0 Å². The van der Waals surface area contributed by atoms with Gasteiger partial charge in [-0.15, -0.1) is 0 Å². The van der Waals surface area contributed by atoms with Crippen molar-refractivity contribution in [3.8, 4) is 0 Å². The highest BCUT2D eigenvalue weighted by Crippen LogP contribution is 2.61. The molecule has 0 radical (unpaired) electrons. The van der Waals surface area contributed by atoms with Crippen molar-refractivity contribution in [3.63, 3.8) is 0 Å². The van der Waals surface area contributed by atoms with Gasteiger partial charge in [0.05, 0.1) is 0 Å². The SMILES string of the molecule is CCC1CSCCN1C(P(=O)(O)O)P(=O)(O)O. The Morgan fingerprint density at radius 3 is 2.24 bits per heavy atom.